The average Bonchev–Trinajstić information content (AvgIpc) is 1.80. The van der Waals surface area contributed by atoms with Gasteiger partial charge in [-0.25, -0.2) is 8.42 Å². The second-order valence-corrected chi connectivity index (χ2v) is 6.78. The summed E-state index contributed by atoms with van der Waals surface area (Å²) in [6.07, 6.45) is 2.02. The van der Waals surface area contributed by atoms with E-state index in [1.165, 1.54) is 6.26 Å². The molecular weight excluding hydrogens is 228 g/mol. The van der Waals surface area contributed by atoms with Crippen LogP contribution in [0.2, 0.25) is 0 Å². The normalized spacial score (nSPS) is 17.8. The highest BCUT2D eigenvalue weighted by molar-refractivity contribution is 9.09. The van der Waals surface area contributed by atoms with Crippen LogP contribution in [-0.4, -0.2) is 25.3 Å². The first-order valence-electron chi connectivity index (χ1n) is 3.64. The molecule has 0 aliphatic heterocycles. The lowest BCUT2D eigenvalue weighted by Crippen LogP contribution is -2.12. The van der Waals surface area contributed by atoms with E-state index < -0.39 is 9.84 Å². The molecule has 4 heteroatoms. The van der Waals surface area contributed by atoms with E-state index in [-0.39, 0.29) is 0 Å². The molecule has 2 atom stereocenters. The van der Waals surface area contributed by atoms with Crippen molar-refractivity contribution in [3.8, 4) is 0 Å². The van der Waals surface area contributed by atoms with E-state index >= 15 is 0 Å². The molecular formula is C7H15BrO2S. The summed E-state index contributed by atoms with van der Waals surface area (Å²) in [6, 6.07) is 0. The van der Waals surface area contributed by atoms with E-state index in [0.717, 1.165) is 6.42 Å². The highest BCUT2D eigenvalue weighted by atomic mass is 79.9. The predicted molar refractivity (Wildman–Crippen MR) is 51.9 cm³/mol. The highest BCUT2D eigenvalue weighted by Crippen LogP contribution is 2.15. The van der Waals surface area contributed by atoms with Gasteiger partial charge in [0.05, 0.1) is 5.75 Å². The van der Waals surface area contributed by atoms with Gasteiger partial charge < -0.3 is 0 Å². The van der Waals surface area contributed by atoms with Crippen molar-refractivity contribution in [1.82, 2.24) is 0 Å². The van der Waals surface area contributed by atoms with E-state index in [1.54, 1.807) is 0 Å². The monoisotopic (exact) mass is 242 g/mol. The minimum absolute atomic E-state index is 0.296. The number of hydrogen-bond acceptors (Lipinski definition) is 2. The number of alkyl halides is 1. The molecule has 0 amide bonds. The van der Waals surface area contributed by atoms with Crippen LogP contribution in [0.15, 0.2) is 0 Å². The molecule has 0 saturated heterocycles. The third-order valence-corrected chi connectivity index (χ3v) is 3.61. The lowest BCUT2D eigenvalue weighted by molar-refractivity contribution is 0.549. The first kappa shape index (κ1) is 11.4. The lowest BCUT2D eigenvalue weighted by atomic mass is 10.1. The fourth-order valence-corrected chi connectivity index (χ4v) is 1.69. The van der Waals surface area contributed by atoms with Crippen LogP contribution < -0.4 is 0 Å². The predicted octanol–water partition coefficient (Wildman–Crippen LogP) is 1.84. The highest BCUT2D eigenvalue weighted by Gasteiger charge is 2.11. The van der Waals surface area contributed by atoms with Gasteiger partial charge in [0.2, 0.25) is 0 Å². The van der Waals surface area contributed by atoms with Gasteiger partial charge in [-0.2, -0.15) is 0 Å². The first-order chi connectivity index (χ1) is 4.83. The van der Waals surface area contributed by atoms with Crippen LogP contribution in [0.25, 0.3) is 0 Å². The second kappa shape index (κ2) is 4.45. The van der Waals surface area contributed by atoms with Crippen LogP contribution in [-0.2, 0) is 9.84 Å². The summed E-state index contributed by atoms with van der Waals surface area (Å²) in [6.45, 7) is 4.08. The van der Waals surface area contributed by atoms with E-state index in [2.05, 4.69) is 15.9 Å². The quantitative estimate of drug-likeness (QED) is 0.706. The Balaban J connectivity index is 3.72. The van der Waals surface area contributed by atoms with Crippen LogP contribution in [0.4, 0.5) is 0 Å². The molecule has 0 bridgehead atoms. The molecule has 0 rings (SSSR count). The number of hydrogen-bond donors (Lipinski definition) is 0. The van der Waals surface area contributed by atoms with Gasteiger partial charge >= 0.3 is 0 Å². The Morgan fingerprint density at radius 2 is 1.82 bits per heavy atom. The fourth-order valence-electron chi connectivity index (χ4n) is 0.630. The van der Waals surface area contributed by atoms with Gasteiger partial charge in [-0.05, 0) is 12.3 Å². The van der Waals surface area contributed by atoms with Crippen molar-refractivity contribution in [2.24, 2.45) is 5.92 Å². The molecule has 0 aliphatic carbocycles. The molecule has 0 fully saturated rings. The van der Waals surface area contributed by atoms with E-state index in [1.807, 2.05) is 13.8 Å². The van der Waals surface area contributed by atoms with Crippen molar-refractivity contribution in [2.75, 3.05) is 12.0 Å². The third-order valence-electron chi connectivity index (χ3n) is 1.73. The van der Waals surface area contributed by atoms with Gasteiger partial charge in [-0.15, -0.1) is 0 Å². The Hall–Kier alpha value is 0.430. The minimum Gasteiger partial charge on any atom is -0.229 e. The Bertz CT molecular complexity index is 196. The van der Waals surface area contributed by atoms with Gasteiger partial charge in [0, 0.05) is 11.1 Å². The average molecular weight is 243 g/mol. The van der Waals surface area contributed by atoms with Crippen molar-refractivity contribution in [1.29, 1.82) is 0 Å². The van der Waals surface area contributed by atoms with Crippen molar-refractivity contribution in [2.45, 2.75) is 25.1 Å². The topological polar surface area (TPSA) is 34.1 Å². The molecule has 0 saturated carbocycles. The Morgan fingerprint density at radius 1 is 1.36 bits per heavy atom. The molecule has 0 aliphatic rings. The zero-order valence-corrected chi connectivity index (χ0v) is 9.57. The van der Waals surface area contributed by atoms with Gasteiger partial charge in [0.15, 0.2) is 0 Å². The second-order valence-electron chi connectivity index (χ2n) is 3.07. The molecule has 2 unspecified atom stereocenters. The van der Waals surface area contributed by atoms with Gasteiger partial charge in [-0.1, -0.05) is 29.8 Å². The SMILES string of the molecule is CC(Br)C(C)CCS(C)(=O)=O. The zero-order valence-electron chi connectivity index (χ0n) is 7.17. The van der Waals surface area contributed by atoms with Gasteiger partial charge in [0.25, 0.3) is 0 Å². The van der Waals surface area contributed by atoms with Crippen molar-refractivity contribution in [3.63, 3.8) is 0 Å². The van der Waals surface area contributed by atoms with E-state index in [0.29, 0.717) is 16.5 Å². The molecule has 0 aromatic carbocycles. The maximum Gasteiger partial charge on any atom is 0.147 e. The van der Waals surface area contributed by atoms with E-state index in [4.69, 9.17) is 0 Å². The van der Waals surface area contributed by atoms with Crippen LogP contribution in [0.1, 0.15) is 20.3 Å². The van der Waals surface area contributed by atoms with Crippen molar-refractivity contribution < 1.29 is 8.42 Å². The minimum atomic E-state index is -2.77. The van der Waals surface area contributed by atoms with Gasteiger partial charge in [0.1, 0.15) is 9.84 Å². The summed E-state index contributed by atoms with van der Waals surface area (Å²) in [7, 11) is -2.77. The standard InChI is InChI=1S/C7H15BrO2S/c1-6(7(2)8)4-5-11(3,9)10/h6-7H,4-5H2,1-3H3. The van der Waals surface area contributed by atoms with Crippen molar-refractivity contribution >= 4 is 25.8 Å². The summed E-state index contributed by atoms with van der Waals surface area (Å²) in [4.78, 5) is 0.393. The first-order valence-corrected chi connectivity index (χ1v) is 6.62. The van der Waals surface area contributed by atoms with Crippen molar-refractivity contribution in [3.05, 3.63) is 0 Å². The smallest absolute Gasteiger partial charge is 0.147 e. The third kappa shape index (κ3) is 6.81. The molecule has 0 radical (unpaired) electrons. The maximum absolute atomic E-state index is 10.7. The number of sulfone groups is 1. The Morgan fingerprint density at radius 3 is 2.09 bits per heavy atom. The summed E-state index contributed by atoms with van der Waals surface area (Å²) < 4.78 is 21.5. The molecule has 0 spiro atoms. The summed E-state index contributed by atoms with van der Waals surface area (Å²) >= 11 is 3.41. The zero-order chi connectivity index (χ0) is 9.07. The fraction of sp³-hybridized carbons (Fsp3) is 1.00. The molecule has 0 aromatic heterocycles. The van der Waals surface area contributed by atoms with Gasteiger partial charge in [-0.3, -0.25) is 0 Å². The van der Waals surface area contributed by atoms with Crippen LogP contribution >= 0.6 is 15.9 Å². The lowest BCUT2D eigenvalue weighted by Gasteiger charge is -2.12. The summed E-state index contributed by atoms with van der Waals surface area (Å²) in [5, 5.41) is 0. The molecule has 68 valence electrons. The number of rotatable bonds is 4. The summed E-state index contributed by atoms with van der Waals surface area (Å²) in [5.74, 6) is 0.717. The molecule has 0 heterocycles. The maximum atomic E-state index is 10.7. The van der Waals surface area contributed by atoms with Crippen LogP contribution in [0, 0.1) is 5.92 Å². The van der Waals surface area contributed by atoms with Crippen LogP contribution in [0.3, 0.4) is 0 Å². The summed E-state index contributed by atoms with van der Waals surface area (Å²) in [5.41, 5.74) is 0. The number of halogens is 1. The molecule has 11 heavy (non-hydrogen) atoms. The van der Waals surface area contributed by atoms with Crippen LogP contribution in [0.5, 0.6) is 0 Å². The largest absolute Gasteiger partial charge is 0.229 e. The Labute approximate surface area is 77.4 Å². The van der Waals surface area contributed by atoms with E-state index in [9.17, 15) is 8.42 Å². The molecule has 0 aromatic rings. The Kier molecular flexibility index (Phi) is 4.63. The molecule has 2 nitrogen and oxygen atoms in total. The molecule has 0 N–H and O–H groups in total.